The minimum atomic E-state index is 0.426. The first-order valence-electron chi connectivity index (χ1n) is 5.89. The lowest BCUT2D eigenvalue weighted by molar-refractivity contribution is 0.613. The first-order chi connectivity index (χ1) is 9.22. The van der Waals surface area contributed by atoms with Gasteiger partial charge in [0.15, 0.2) is 5.58 Å². The Labute approximate surface area is 109 Å². The molecule has 6 nitrogen and oxygen atoms in total. The molecule has 3 N–H and O–H groups in total. The zero-order valence-corrected chi connectivity index (χ0v) is 10.4. The average Bonchev–Trinajstić information content (AvgIpc) is 2.83. The zero-order valence-electron chi connectivity index (χ0n) is 10.4. The highest BCUT2D eigenvalue weighted by Crippen LogP contribution is 2.23. The fraction of sp³-hybridized carbons (Fsp3) is 0.154. The van der Waals surface area contributed by atoms with Crippen LogP contribution in [0.3, 0.4) is 0 Å². The Kier molecular flexibility index (Phi) is 2.75. The average molecular weight is 255 g/mol. The van der Waals surface area contributed by atoms with Crippen LogP contribution in [0, 0.1) is 6.92 Å². The molecule has 2 aromatic heterocycles. The Balaban J connectivity index is 1.78. The van der Waals surface area contributed by atoms with E-state index in [1.165, 1.54) is 0 Å². The SMILES string of the molecule is Cc1cnc(CNc2nc3c(N)cccc3o2)cn1. The van der Waals surface area contributed by atoms with Crippen LogP contribution in [-0.2, 0) is 6.54 Å². The molecule has 0 aliphatic rings. The fourth-order valence-electron chi connectivity index (χ4n) is 1.72. The van der Waals surface area contributed by atoms with Crippen molar-refractivity contribution >= 4 is 22.8 Å². The second-order valence-electron chi connectivity index (χ2n) is 4.22. The molecule has 0 radical (unpaired) electrons. The van der Waals surface area contributed by atoms with Crippen LogP contribution < -0.4 is 11.1 Å². The van der Waals surface area contributed by atoms with Crippen molar-refractivity contribution in [2.24, 2.45) is 0 Å². The number of oxazole rings is 1. The van der Waals surface area contributed by atoms with Crippen LogP contribution in [0.4, 0.5) is 11.7 Å². The maximum absolute atomic E-state index is 5.82. The molecule has 3 aromatic rings. The van der Waals surface area contributed by atoms with E-state index in [0.29, 0.717) is 29.3 Å². The summed E-state index contributed by atoms with van der Waals surface area (Å²) in [5, 5.41) is 3.06. The summed E-state index contributed by atoms with van der Waals surface area (Å²) in [6, 6.07) is 5.88. The Hall–Kier alpha value is -2.63. The van der Waals surface area contributed by atoms with E-state index in [9.17, 15) is 0 Å². The summed E-state index contributed by atoms with van der Waals surface area (Å²) in [4.78, 5) is 12.7. The lowest BCUT2D eigenvalue weighted by atomic mass is 10.3. The van der Waals surface area contributed by atoms with E-state index < -0.39 is 0 Å². The number of nitrogens with one attached hydrogen (secondary N) is 1. The van der Waals surface area contributed by atoms with Crippen molar-refractivity contribution in [3.63, 3.8) is 0 Å². The third-order valence-electron chi connectivity index (χ3n) is 2.71. The van der Waals surface area contributed by atoms with Gasteiger partial charge in [0.05, 0.1) is 29.8 Å². The number of fused-ring (bicyclic) bond motifs is 1. The number of para-hydroxylation sites is 1. The first-order valence-corrected chi connectivity index (χ1v) is 5.89. The molecule has 0 saturated heterocycles. The number of aromatic nitrogens is 3. The number of anilines is 2. The number of hydrogen-bond acceptors (Lipinski definition) is 6. The van der Waals surface area contributed by atoms with Gasteiger partial charge < -0.3 is 15.5 Å². The van der Waals surface area contributed by atoms with Gasteiger partial charge in [-0.25, -0.2) is 0 Å². The van der Waals surface area contributed by atoms with Crippen molar-refractivity contribution < 1.29 is 4.42 Å². The number of nitrogens with two attached hydrogens (primary N) is 1. The van der Waals surface area contributed by atoms with Gasteiger partial charge >= 0.3 is 0 Å². The molecule has 0 aliphatic heterocycles. The maximum atomic E-state index is 5.82. The van der Waals surface area contributed by atoms with E-state index in [1.54, 1.807) is 18.5 Å². The maximum Gasteiger partial charge on any atom is 0.296 e. The second-order valence-corrected chi connectivity index (χ2v) is 4.22. The molecule has 96 valence electrons. The minimum Gasteiger partial charge on any atom is -0.423 e. The van der Waals surface area contributed by atoms with Crippen LogP contribution in [0.2, 0.25) is 0 Å². The Morgan fingerprint density at radius 2 is 2.16 bits per heavy atom. The molecule has 19 heavy (non-hydrogen) atoms. The van der Waals surface area contributed by atoms with Crippen LogP contribution in [0.5, 0.6) is 0 Å². The van der Waals surface area contributed by atoms with Gasteiger partial charge in [0.1, 0.15) is 5.52 Å². The van der Waals surface area contributed by atoms with E-state index >= 15 is 0 Å². The van der Waals surface area contributed by atoms with Crippen molar-refractivity contribution in [3.05, 3.63) is 42.0 Å². The largest absolute Gasteiger partial charge is 0.423 e. The summed E-state index contributed by atoms with van der Waals surface area (Å²) in [5.41, 5.74) is 9.46. The molecule has 0 bridgehead atoms. The van der Waals surface area contributed by atoms with Gasteiger partial charge in [-0.1, -0.05) is 6.07 Å². The van der Waals surface area contributed by atoms with Crippen LogP contribution in [0.1, 0.15) is 11.4 Å². The van der Waals surface area contributed by atoms with Gasteiger partial charge in [0.2, 0.25) is 0 Å². The number of hydrogen-bond donors (Lipinski definition) is 2. The molecule has 0 aliphatic carbocycles. The monoisotopic (exact) mass is 255 g/mol. The molecule has 1 aromatic carbocycles. The Morgan fingerprint density at radius 1 is 1.26 bits per heavy atom. The van der Waals surface area contributed by atoms with Crippen molar-refractivity contribution in [3.8, 4) is 0 Å². The highest BCUT2D eigenvalue weighted by Gasteiger charge is 2.07. The summed E-state index contributed by atoms with van der Waals surface area (Å²) < 4.78 is 5.54. The topological polar surface area (TPSA) is 89.9 Å². The predicted molar refractivity (Wildman–Crippen MR) is 72.5 cm³/mol. The molecule has 0 unspecified atom stereocenters. The molecule has 0 spiro atoms. The zero-order chi connectivity index (χ0) is 13.2. The summed E-state index contributed by atoms with van der Waals surface area (Å²) in [6.45, 7) is 2.40. The van der Waals surface area contributed by atoms with E-state index in [-0.39, 0.29) is 0 Å². The highest BCUT2D eigenvalue weighted by atomic mass is 16.4. The molecule has 6 heteroatoms. The standard InChI is InChI=1S/C13H13N5O/c1-8-5-16-9(6-15-8)7-17-13-18-12-10(14)3-2-4-11(12)19-13/h2-6H,7,14H2,1H3,(H,17,18). The van der Waals surface area contributed by atoms with Gasteiger partial charge in [-0.15, -0.1) is 0 Å². The Morgan fingerprint density at radius 3 is 2.89 bits per heavy atom. The van der Waals surface area contributed by atoms with Crippen LogP contribution in [0.25, 0.3) is 11.1 Å². The van der Waals surface area contributed by atoms with E-state index in [0.717, 1.165) is 11.4 Å². The van der Waals surface area contributed by atoms with E-state index in [2.05, 4.69) is 20.3 Å². The first kappa shape index (κ1) is 11.5. The van der Waals surface area contributed by atoms with E-state index in [1.807, 2.05) is 19.1 Å². The van der Waals surface area contributed by atoms with Gasteiger partial charge in [0.25, 0.3) is 6.01 Å². The van der Waals surface area contributed by atoms with E-state index in [4.69, 9.17) is 10.2 Å². The fourth-order valence-corrected chi connectivity index (χ4v) is 1.72. The minimum absolute atomic E-state index is 0.426. The predicted octanol–water partition coefficient (Wildman–Crippen LogP) is 2.12. The van der Waals surface area contributed by atoms with Gasteiger partial charge in [-0.3, -0.25) is 9.97 Å². The summed E-state index contributed by atoms with van der Waals surface area (Å²) in [5.74, 6) is 0. The summed E-state index contributed by atoms with van der Waals surface area (Å²) in [7, 11) is 0. The molecule has 0 fully saturated rings. The Bertz CT molecular complexity index is 705. The lowest BCUT2D eigenvalue weighted by Gasteiger charge is -2.00. The van der Waals surface area contributed by atoms with Crippen molar-refractivity contribution in [1.82, 2.24) is 15.0 Å². The molecule has 3 rings (SSSR count). The third kappa shape index (κ3) is 2.33. The van der Waals surface area contributed by atoms with Crippen molar-refractivity contribution in [2.75, 3.05) is 11.1 Å². The molecule has 0 atom stereocenters. The number of aryl methyl sites for hydroxylation is 1. The quantitative estimate of drug-likeness (QED) is 0.697. The molecule has 2 heterocycles. The van der Waals surface area contributed by atoms with Gasteiger partial charge in [-0.2, -0.15) is 4.98 Å². The van der Waals surface area contributed by atoms with Crippen LogP contribution in [0.15, 0.2) is 35.0 Å². The highest BCUT2D eigenvalue weighted by molar-refractivity contribution is 5.86. The number of benzene rings is 1. The third-order valence-corrected chi connectivity index (χ3v) is 2.71. The van der Waals surface area contributed by atoms with Crippen LogP contribution >= 0.6 is 0 Å². The molecule has 0 saturated carbocycles. The van der Waals surface area contributed by atoms with Crippen molar-refractivity contribution in [1.29, 1.82) is 0 Å². The number of rotatable bonds is 3. The summed E-state index contributed by atoms with van der Waals surface area (Å²) in [6.07, 6.45) is 3.44. The van der Waals surface area contributed by atoms with Crippen molar-refractivity contribution in [2.45, 2.75) is 13.5 Å². The summed E-state index contributed by atoms with van der Waals surface area (Å²) >= 11 is 0. The smallest absolute Gasteiger partial charge is 0.296 e. The number of nitrogens with zero attached hydrogens (tertiary/aromatic N) is 3. The molecule has 0 amide bonds. The van der Waals surface area contributed by atoms with Gasteiger partial charge in [-0.05, 0) is 19.1 Å². The lowest BCUT2D eigenvalue weighted by Crippen LogP contribution is -2.02. The van der Waals surface area contributed by atoms with Gasteiger partial charge in [0, 0.05) is 6.20 Å². The normalized spacial score (nSPS) is 10.8. The molecular formula is C13H13N5O. The van der Waals surface area contributed by atoms with Crippen LogP contribution in [-0.4, -0.2) is 15.0 Å². The number of nitrogen functional groups attached to an aromatic ring is 1. The second kappa shape index (κ2) is 4.56. The molecular weight excluding hydrogens is 242 g/mol.